The molecule has 0 aliphatic rings. The van der Waals surface area contributed by atoms with Crippen LogP contribution in [0.2, 0.25) is 0 Å². The monoisotopic (exact) mass is 1720 g/mol. The van der Waals surface area contributed by atoms with Gasteiger partial charge in [0.15, 0.2) is 0 Å². The van der Waals surface area contributed by atoms with E-state index < -0.39 is 0 Å². The highest BCUT2D eigenvalue weighted by atomic mass is 15.1. The molecule has 7 nitrogen and oxygen atoms in total. The van der Waals surface area contributed by atoms with Crippen molar-refractivity contribution in [2.24, 2.45) is 0 Å². The summed E-state index contributed by atoms with van der Waals surface area (Å²) < 4.78 is 15.1. The van der Waals surface area contributed by atoms with Gasteiger partial charge in [0, 0.05) is 121 Å². The highest BCUT2D eigenvalue weighted by Crippen LogP contribution is 2.49. The van der Waals surface area contributed by atoms with Crippen LogP contribution in [0.15, 0.2) is 291 Å². The first-order valence-corrected chi connectivity index (χ1v) is 47.5. The van der Waals surface area contributed by atoms with E-state index in [9.17, 15) is 0 Å². The third kappa shape index (κ3) is 14.1. The Morgan fingerprint density at radius 2 is 0.311 bits per heavy atom. The number of rotatable bonds is 9. The summed E-state index contributed by atoms with van der Waals surface area (Å²) in [4.78, 5) is 2.40. The van der Waals surface area contributed by atoms with Gasteiger partial charge < -0.3 is 32.3 Å². The molecule has 0 saturated heterocycles. The SMILES string of the molecule is CC#Cc1ccc(N(c2ccc(-n3c4ccc(-n5c6ccc(C(C)(C)C)cc6c6cc(C(C)(C)C)ccc65)cc4c4cc(-n5c6ccc(C(C)(C)C)cc6c6cc(C(C)(C)C)ccc65)ccc43)cc2)c2ccc(-n3c4ccc(-n5c6ccc(C(C)(C)C)cc6c6cc(C(C)(C)C)ccc65)cc4c4cc(-n5c6ccc(C(C)(C)C)cc6c6cc(C(C)(C)C)ccc65)ccc43)cc2)cc1. The van der Waals surface area contributed by atoms with E-state index in [1.165, 1.54) is 153 Å². The molecule has 0 aliphatic carbocycles. The third-order valence-corrected chi connectivity index (χ3v) is 28.6. The maximum atomic E-state index is 3.34. The van der Waals surface area contributed by atoms with E-state index in [1.807, 2.05) is 6.92 Å². The van der Waals surface area contributed by atoms with Gasteiger partial charge in [0.1, 0.15) is 0 Å². The second-order valence-corrected chi connectivity index (χ2v) is 46.0. The Labute approximate surface area is 778 Å². The fourth-order valence-corrected chi connectivity index (χ4v) is 20.8. The maximum absolute atomic E-state index is 3.34. The van der Waals surface area contributed by atoms with Gasteiger partial charge in [-0.25, -0.2) is 0 Å². The standard InChI is InChI=1S/C125H123N7/c1-26-27-76-28-38-85(39-29-76)126(86-40-44-88(45-41-86)127-114-60-48-90(129-106-52-30-77(118(2,3)4)64-94(106)95-65-78(119(5,6)7)31-53-107(95)129)72-102(114)103-73-91(49-61-115(103)127)130-108-54-32-79(120(8,9)10)66-96(108)97-67-80(121(11,12)13)33-55-109(97)130)87-42-46-89(47-43-87)128-116-62-50-92(131-110-56-34-81(122(14,15)16)68-98(110)99-69-82(123(17,18)19)35-57-111(99)131)74-104(116)105-75-93(51-63-117(105)128)132-112-58-36-83(124(20,21)22)70-100(112)101-71-84(125(23,24)25)37-59-113(101)132/h28-75H,1-25H3. The van der Waals surface area contributed by atoms with Crippen molar-refractivity contribution in [3.63, 3.8) is 0 Å². The molecular formula is C125H123N7. The summed E-state index contributed by atoms with van der Waals surface area (Å²) in [5.74, 6) is 6.50. The van der Waals surface area contributed by atoms with Crippen molar-refractivity contribution in [2.75, 3.05) is 4.90 Å². The lowest BCUT2D eigenvalue weighted by Crippen LogP contribution is -2.10. The predicted molar refractivity (Wildman–Crippen MR) is 569 cm³/mol. The zero-order chi connectivity index (χ0) is 92.6. The molecule has 21 aromatic rings. The number of hydrogen-bond acceptors (Lipinski definition) is 1. The molecule has 15 aromatic carbocycles. The summed E-state index contributed by atoms with van der Waals surface area (Å²) in [6.07, 6.45) is 0. The van der Waals surface area contributed by atoms with Gasteiger partial charge in [-0.05, 0) is 337 Å². The number of hydrogen-bond donors (Lipinski definition) is 0. The van der Waals surface area contributed by atoms with Crippen molar-refractivity contribution in [3.8, 4) is 46.0 Å². The highest BCUT2D eigenvalue weighted by Gasteiger charge is 2.31. The third-order valence-electron chi connectivity index (χ3n) is 28.6. The van der Waals surface area contributed by atoms with E-state index >= 15 is 0 Å². The van der Waals surface area contributed by atoms with Gasteiger partial charge in [-0.3, -0.25) is 0 Å². The quantitative estimate of drug-likeness (QED) is 0.133. The zero-order valence-corrected chi connectivity index (χ0v) is 81.8. The Morgan fingerprint density at radius 3 is 0.477 bits per heavy atom. The van der Waals surface area contributed by atoms with Crippen LogP contribution in [-0.4, -0.2) is 27.4 Å². The lowest BCUT2D eigenvalue weighted by Gasteiger charge is -2.26. The van der Waals surface area contributed by atoms with Crippen LogP contribution in [0.3, 0.4) is 0 Å². The summed E-state index contributed by atoms with van der Waals surface area (Å²) in [5.41, 5.74) is 35.1. The average molecular weight is 1720 g/mol. The van der Waals surface area contributed by atoms with Crippen molar-refractivity contribution in [2.45, 2.75) is 216 Å². The van der Waals surface area contributed by atoms with Crippen molar-refractivity contribution >= 4 is 148 Å². The smallest absolute Gasteiger partial charge is 0.0542 e. The van der Waals surface area contributed by atoms with E-state index in [-0.39, 0.29) is 43.3 Å². The molecule has 0 saturated carbocycles. The molecule has 0 atom stereocenters. The maximum Gasteiger partial charge on any atom is 0.0542 e. The first kappa shape index (κ1) is 85.3. The van der Waals surface area contributed by atoms with Crippen molar-refractivity contribution in [1.29, 1.82) is 0 Å². The lowest BCUT2D eigenvalue weighted by molar-refractivity contribution is 0.590. The molecule has 0 aliphatic heterocycles. The minimum Gasteiger partial charge on any atom is -0.311 e. The van der Waals surface area contributed by atoms with Crippen LogP contribution in [0.5, 0.6) is 0 Å². The van der Waals surface area contributed by atoms with Gasteiger partial charge in [-0.2, -0.15) is 0 Å². The summed E-state index contributed by atoms with van der Waals surface area (Å²) in [7, 11) is 0. The minimum atomic E-state index is -0.0315. The summed E-state index contributed by atoms with van der Waals surface area (Å²) in [5, 5.41) is 14.9. The summed E-state index contributed by atoms with van der Waals surface area (Å²) in [6, 6.07) is 113. The van der Waals surface area contributed by atoms with Gasteiger partial charge >= 0.3 is 0 Å². The van der Waals surface area contributed by atoms with Crippen LogP contribution in [0.25, 0.3) is 165 Å². The molecule has 0 N–H and O–H groups in total. The normalized spacial score (nSPS) is 13.1. The predicted octanol–water partition coefficient (Wildman–Crippen LogP) is 34.5. The first-order valence-electron chi connectivity index (χ1n) is 47.5. The van der Waals surface area contributed by atoms with Gasteiger partial charge in [0.2, 0.25) is 0 Å². The Kier molecular flexibility index (Phi) is 19.2. The molecule has 0 amide bonds. The number of nitrogens with zero attached hydrogens (tertiary/aromatic N) is 7. The molecule has 0 unspecified atom stereocenters. The highest BCUT2D eigenvalue weighted by molar-refractivity contribution is 6.18. The van der Waals surface area contributed by atoms with Gasteiger partial charge in [-0.15, -0.1) is 5.92 Å². The summed E-state index contributed by atoms with van der Waals surface area (Å²) in [6.45, 7) is 57.7. The largest absolute Gasteiger partial charge is 0.311 e. The molecule has 658 valence electrons. The molecule has 21 rings (SSSR count). The van der Waals surface area contributed by atoms with E-state index in [0.717, 1.165) is 78.8 Å². The lowest BCUT2D eigenvalue weighted by atomic mass is 9.85. The minimum absolute atomic E-state index is 0.0315. The van der Waals surface area contributed by atoms with Gasteiger partial charge in [-0.1, -0.05) is 221 Å². The van der Waals surface area contributed by atoms with Crippen LogP contribution in [0, 0.1) is 11.8 Å². The van der Waals surface area contributed by atoms with Crippen molar-refractivity contribution < 1.29 is 0 Å². The Morgan fingerprint density at radius 1 is 0.167 bits per heavy atom. The average Bonchev–Trinajstić information content (AvgIpc) is 1.56. The van der Waals surface area contributed by atoms with Gasteiger partial charge in [0.25, 0.3) is 0 Å². The van der Waals surface area contributed by atoms with Crippen molar-refractivity contribution in [3.05, 3.63) is 341 Å². The number of benzene rings is 15. The van der Waals surface area contributed by atoms with Crippen LogP contribution in [0.4, 0.5) is 17.1 Å². The van der Waals surface area contributed by atoms with Crippen LogP contribution < -0.4 is 4.90 Å². The molecule has 0 bridgehead atoms. The second kappa shape index (κ2) is 29.7. The van der Waals surface area contributed by atoms with E-state index in [4.69, 9.17) is 0 Å². The van der Waals surface area contributed by atoms with Crippen LogP contribution in [-0.2, 0) is 43.3 Å². The molecular weight excluding hydrogens is 1600 g/mol. The van der Waals surface area contributed by atoms with Gasteiger partial charge in [0.05, 0.1) is 66.2 Å². The van der Waals surface area contributed by atoms with E-state index in [1.54, 1.807) is 0 Å². The Balaban J connectivity index is 0.736. The molecule has 6 heterocycles. The number of fused-ring (bicyclic) bond motifs is 18. The number of aromatic nitrogens is 6. The molecule has 0 spiro atoms. The fraction of sp³-hybridized carbons (Fsp3) is 0.264. The molecule has 0 radical (unpaired) electrons. The van der Waals surface area contributed by atoms with E-state index in [0.29, 0.717) is 0 Å². The van der Waals surface area contributed by atoms with Crippen LogP contribution >= 0.6 is 0 Å². The molecule has 0 fully saturated rings. The summed E-state index contributed by atoms with van der Waals surface area (Å²) >= 11 is 0. The van der Waals surface area contributed by atoms with Crippen molar-refractivity contribution in [1.82, 2.24) is 27.4 Å². The molecule has 7 heteroatoms. The topological polar surface area (TPSA) is 32.8 Å². The zero-order valence-electron chi connectivity index (χ0n) is 81.8. The Hall–Kier alpha value is -13.5. The second-order valence-electron chi connectivity index (χ2n) is 46.0. The van der Waals surface area contributed by atoms with Crippen LogP contribution in [0.1, 0.15) is 223 Å². The Bertz CT molecular complexity index is 7260. The molecule has 132 heavy (non-hydrogen) atoms. The number of anilines is 3. The first-order chi connectivity index (χ1) is 62.4. The fourth-order valence-electron chi connectivity index (χ4n) is 20.8. The van der Waals surface area contributed by atoms with E-state index in [2.05, 4.69) is 501 Å². The molecule has 6 aromatic heterocycles.